The van der Waals surface area contributed by atoms with Gasteiger partial charge in [-0.05, 0) is 18.2 Å². The van der Waals surface area contributed by atoms with Gasteiger partial charge < -0.3 is 14.9 Å². The van der Waals surface area contributed by atoms with Gasteiger partial charge in [0, 0.05) is 13.1 Å². The molecule has 0 aromatic heterocycles. The number of rotatable bonds is 3. The molecule has 2 rings (SSSR count). The first-order chi connectivity index (χ1) is 8.86. The fourth-order valence-corrected chi connectivity index (χ4v) is 3.38. The van der Waals surface area contributed by atoms with E-state index in [-0.39, 0.29) is 23.7 Å². The number of benzene rings is 1. The van der Waals surface area contributed by atoms with Crippen molar-refractivity contribution < 1.29 is 27.8 Å². The van der Waals surface area contributed by atoms with Crippen molar-refractivity contribution >= 4 is 10.0 Å². The van der Waals surface area contributed by atoms with Crippen LogP contribution >= 0.6 is 0 Å². The molecule has 1 heterocycles. The number of ether oxygens (including phenoxy) is 1. The standard InChI is InChI=1S/C11H14FNO5S/c1-18-11-3-2-7(4-8(11)12)19(16,17)13-5-9(14)10(15)6-13/h2-4,9-10,14-15H,5-6H2,1H3/t9-,10+. The molecular weight excluding hydrogens is 277 g/mol. The predicted octanol–water partition coefficient (Wildman–Crippen LogP) is -0.440. The second-order valence-corrected chi connectivity index (χ2v) is 6.19. The summed E-state index contributed by atoms with van der Waals surface area (Å²) >= 11 is 0. The van der Waals surface area contributed by atoms with Crippen LogP contribution in [0.1, 0.15) is 0 Å². The number of aliphatic hydroxyl groups is 2. The Morgan fingerprint density at radius 1 is 1.32 bits per heavy atom. The topological polar surface area (TPSA) is 87.1 Å². The van der Waals surface area contributed by atoms with Crippen molar-refractivity contribution in [2.75, 3.05) is 20.2 Å². The van der Waals surface area contributed by atoms with Crippen molar-refractivity contribution in [3.8, 4) is 5.75 Å². The van der Waals surface area contributed by atoms with E-state index in [1.54, 1.807) is 0 Å². The van der Waals surface area contributed by atoms with E-state index in [4.69, 9.17) is 4.74 Å². The molecule has 19 heavy (non-hydrogen) atoms. The van der Waals surface area contributed by atoms with E-state index in [1.807, 2.05) is 0 Å². The summed E-state index contributed by atoms with van der Waals surface area (Å²) in [7, 11) is -2.66. The summed E-state index contributed by atoms with van der Waals surface area (Å²) in [5.74, 6) is -0.843. The van der Waals surface area contributed by atoms with Gasteiger partial charge in [0.15, 0.2) is 11.6 Å². The SMILES string of the molecule is COc1ccc(S(=O)(=O)N2C[C@@H](O)[C@@H](O)C2)cc1F. The molecule has 106 valence electrons. The summed E-state index contributed by atoms with van der Waals surface area (Å²) in [6.07, 6.45) is -2.25. The normalized spacial score (nSPS) is 24.6. The second-order valence-electron chi connectivity index (χ2n) is 4.25. The van der Waals surface area contributed by atoms with Crippen LogP contribution in [0.3, 0.4) is 0 Å². The fourth-order valence-electron chi connectivity index (χ4n) is 1.89. The highest BCUT2D eigenvalue weighted by molar-refractivity contribution is 7.89. The summed E-state index contributed by atoms with van der Waals surface area (Å²) < 4.78 is 43.5. The number of sulfonamides is 1. The number of methoxy groups -OCH3 is 1. The molecule has 0 saturated carbocycles. The zero-order valence-corrected chi connectivity index (χ0v) is 11.0. The molecule has 6 nitrogen and oxygen atoms in total. The van der Waals surface area contributed by atoms with Crippen molar-refractivity contribution in [2.24, 2.45) is 0 Å². The van der Waals surface area contributed by atoms with Gasteiger partial charge in [-0.2, -0.15) is 4.31 Å². The molecule has 0 amide bonds. The average molecular weight is 291 g/mol. The van der Waals surface area contributed by atoms with Crippen molar-refractivity contribution in [3.63, 3.8) is 0 Å². The van der Waals surface area contributed by atoms with Crippen LogP contribution < -0.4 is 4.74 Å². The van der Waals surface area contributed by atoms with E-state index in [0.717, 1.165) is 10.4 Å². The largest absolute Gasteiger partial charge is 0.494 e. The quantitative estimate of drug-likeness (QED) is 0.788. The monoisotopic (exact) mass is 291 g/mol. The van der Waals surface area contributed by atoms with E-state index in [1.165, 1.54) is 19.2 Å². The number of β-amino-alcohol motifs (C(OH)–C–C–N with tert-alkyl or cyclic N) is 2. The Morgan fingerprint density at radius 2 is 1.89 bits per heavy atom. The van der Waals surface area contributed by atoms with E-state index in [0.29, 0.717) is 0 Å². The molecule has 0 unspecified atom stereocenters. The van der Waals surface area contributed by atoms with Gasteiger partial charge in [0.1, 0.15) is 0 Å². The van der Waals surface area contributed by atoms with Gasteiger partial charge in [-0.3, -0.25) is 0 Å². The minimum absolute atomic E-state index is 0.0551. The summed E-state index contributed by atoms with van der Waals surface area (Å²) in [5, 5.41) is 18.7. The van der Waals surface area contributed by atoms with Crippen molar-refractivity contribution in [3.05, 3.63) is 24.0 Å². The molecule has 0 aliphatic carbocycles. The minimum Gasteiger partial charge on any atom is -0.494 e. The minimum atomic E-state index is -3.93. The Hall–Kier alpha value is -1.22. The van der Waals surface area contributed by atoms with E-state index >= 15 is 0 Å². The summed E-state index contributed by atoms with van der Waals surface area (Å²) in [5.41, 5.74) is 0. The molecule has 1 aromatic carbocycles. The molecule has 2 N–H and O–H groups in total. The molecule has 2 atom stereocenters. The zero-order chi connectivity index (χ0) is 14.2. The second kappa shape index (κ2) is 5.04. The maximum absolute atomic E-state index is 13.5. The van der Waals surface area contributed by atoms with Crippen LogP contribution in [0.15, 0.2) is 23.1 Å². The predicted molar refractivity (Wildman–Crippen MR) is 63.7 cm³/mol. The highest BCUT2D eigenvalue weighted by Crippen LogP contribution is 2.25. The van der Waals surface area contributed by atoms with Gasteiger partial charge in [-0.1, -0.05) is 0 Å². The summed E-state index contributed by atoms with van der Waals surface area (Å²) in [6.45, 7) is -0.422. The lowest BCUT2D eigenvalue weighted by Gasteiger charge is -2.16. The van der Waals surface area contributed by atoms with Crippen LogP contribution in [0, 0.1) is 5.82 Å². The number of hydrogen-bond acceptors (Lipinski definition) is 5. The van der Waals surface area contributed by atoms with E-state index in [9.17, 15) is 23.0 Å². The van der Waals surface area contributed by atoms with Crippen molar-refractivity contribution in [2.45, 2.75) is 17.1 Å². The average Bonchev–Trinajstić information content (AvgIpc) is 2.70. The molecular formula is C11H14FNO5S. The van der Waals surface area contributed by atoms with Crippen LogP contribution in [0.2, 0.25) is 0 Å². The molecule has 8 heteroatoms. The number of nitrogens with zero attached hydrogens (tertiary/aromatic N) is 1. The van der Waals surface area contributed by atoms with E-state index < -0.39 is 28.0 Å². The Kier molecular flexibility index (Phi) is 3.77. The molecule has 0 radical (unpaired) electrons. The molecule has 0 bridgehead atoms. The van der Waals surface area contributed by atoms with Crippen LogP contribution in [-0.4, -0.2) is 55.3 Å². The van der Waals surface area contributed by atoms with Gasteiger partial charge in [-0.15, -0.1) is 0 Å². The van der Waals surface area contributed by atoms with E-state index in [2.05, 4.69) is 0 Å². The van der Waals surface area contributed by atoms with Gasteiger partial charge in [0.2, 0.25) is 10.0 Å². The third-order valence-electron chi connectivity index (χ3n) is 2.99. The summed E-state index contributed by atoms with van der Waals surface area (Å²) in [6, 6.07) is 3.28. The van der Waals surface area contributed by atoms with Gasteiger partial charge in [-0.25, -0.2) is 12.8 Å². The fraction of sp³-hybridized carbons (Fsp3) is 0.455. The van der Waals surface area contributed by atoms with Gasteiger partial charge in [0.25, 0.3) is 0 Å². The lowest BCUT2D eigenvalue weighted by atomic mass is 10.3. The lowest BCUT2D eigenvalue weighted by molar-refractivity contribution is 0.0572. The number of hydrogen-bond donors (Lipinski definition) is 2. The molecule has 1 saturated heterocycles. The highest BCUT2D eigenvalue weighted by Gasteiger charge is 2.37. The first-order valence-corrected chi connectivity index (χ1v) is 7.00. The van der Waals surface area contributed by atoms with Gasteiger partial charge in [0.05, 0.1) is 24.2 Å². The zero-order valence-electron chi connectivity index (χ0n) is 10.2. The number of halogens is 1. The summed E-state index contributed by atoms with van der Waals surface area (Å²) in [4.78, 5) is -0.243. The smallest absolute Gasteiger partial charge is 0.243 e. The third kappa shape index (κ3) is 2.57. The molecule has 1 aromatic rings. The molecule has 1 fully saturated rings. The Balaban J connectivity index is 2.33. The van der Waals surface area contributed by atoms with Crippen LogP contribution in [0.25, 0.3) is 0 Å². The van der Waals surface area contributed by atoms with Crippen LogP contribution in [0.4, 0.5) is 4.39 Å². The third-order valence-corrected chi connectivity index (χ3v) is 4.81. The molecule has 1 aliphatic heterocycles. The van der Waals surface area contributed by atoms with Gasteiger partial charge >= 0.3 is 0 Å². The van der Waals surface area contributed by atoms with Crippen LogP contribution in [0.5, 0.6) is 5.75 Å². The lowest BCUT2D eigenvalue weighted by Crippen LogP contribution is -2.30. The number of aliphatic hydroxyl groups excluding tert-OH is 2. The highest BCUT2D eigenvalue weighted by atomic mass is 32.2. The first kappa shape index (κ1) is 14.2. The Labute approximate surface area is 110 Å². The molecule has 0 spiro atoms. The maximum atomic E-state index is 13.5. The molecule has 1 aliphatic rings. The first-order valence-electron chi connectivity index (χ1n) is 5.56. The maximum Gasteiger partial charge on any atom is 0.243 e. The Morgan fingerprint density at radius 3 is 2.37 bits per heavy atom. The Bertz CT molecular complexity index is 566. The van der Waals surface area contributed by atoms with Crippen molar-refractivity contribution in [1.82, 2.24) is 4.31 Å². The van der Waals surface area contributed by atoms with Crippen LogP contribution in [-0.2, 0) is 10.0 Å². The van der Waals surface area contributed by atoms with Crippen molar-refractivity contribution in [1.29, 1.82) is 0 Å².